The molecule has 0 heterocycles. The largest absolute Gasteiger partial charge is 0.0616 e. The SMILES string of the molecule is Cc1c(-c2cccc3c(C)cc4ccccc4c23)c2ccccc2c2cc(Cc3cc4ccccc4c4ccccc34)ccc12. The van der Waals surface area contributed by atoms with E-state index in [4.69, 9.17) is 0 Å². The van der Waals surface area contributed by atoms with Gasteiger partial charge in [0.1, 0.15) is 0 Å². The number of hydrogen-bond donors (Lipinski definition) is 0. The first-order valence-electron chi connectivity index (χ1n) is 15.9. The average molecular weight is 573 g/mol. The van der Waals surface area contributed by atoms with E-state index in [1.807, 2.05) is 0 Å². The molecule has 0 unspecified atom stereocenters. The van der Waals surface area contributed by atoms with Crippen molar-refractivity contribution in [2.45, 2.75) is 20.3 Å². The number of rotatable bonds is 3. The Morgan fingerprint density at radius 1 is 0.400 bits per heavy atom. The fourth-order valence-corrected chi connectivity index (χ4v) is 7.91. The van der Waals surface area contributed by atoms with Crippen LogP contribution in [0.5, 0.6) is 0 Å². The third kappa shape index (κ3) is 3.99. The summed E-state index contributed by atoms with van der Waals surface area (Å²) in [6.45, 7) is 4.56. The summed E-state index contributed by atoms with van der Waals surface area (Å²) in [5.41, 5.74) is 8.03. The Labute approximate surface area is 263 Å². The number of benzene rings is 9. The molecule has 0 nitrogen and oxygen atoms in total. The van der Waals surface area contributed by atoms with Crippen molar-refractivity contribution in [2.75, 3.05) is 0 Å². The van der Waals surface area contributed by atoms with E-state index < -0.39 is 0 Å². The van der Waals surface area contributed by atoms with Crippen LogP contribution < -0.4 is 0 Å². The van der Waals surface area contributed by atoms with Crippen LogP contribution in [0.4, 0.5) is 0 Å². The fraction of sp³-hybridized carbons (Fsp3) is 0.0667. The molecular formula is C45H32. The lowest BCUT2D eigenvalue weighted by atomic mass is 9.84. The van der Waals surface area contributed by atoms with Gasteiger partial charge in [0, 0.05) is 0 Å². The van der Waals surface area contributed by atoms with Gasteiger partial charge >= 0.3 is 0 Å². The van der Waals surface area contributed by atoms with E-state index in [-0.39, 0.29) is 0 Å². The summed E-state index contributed by atoms with van der Waals surface area (Å²) in [7, 11) is 0. The highest BCUT2D eigenvalue weighted by molar-refractivity contribution is 6.22. The van der Waals surface area contributed by atoms with Gasteiger partial charge in [0.2, 0.25) is 0 Å². The molecule has 0 fully saturated rings. The molecule has 0 heteroatoms. The van der Waals surface area contributed by atoms with Crippen LogP contribution in [0.2, 0.25) is 0 Å². The molecule has 0 N–H and O–H groups in total. The molecule has 0 saturated heterocycles. The standard InChI is InChI=1S/C45H32/c1-28-24-31-12-4-6-16-38(31)45-34(28)20-11-21-42(45)44-29(2)35-23-22-30(26-43(35)40-18-9-10-19-41(40)44)25-33-27-32-13-3-5-14-36(32)39-17-8-7-15-37(33)39/h3-24,26-27H,25H2,1-2H3. The topological polar surface area (TPSA) is 0 Å². The van der Waals surface area contributed by atoms with E-state index in [1.54, 1.807) is 0 Å². The van der Waals surface area contributed by atoms with E-state index in [9.17, 15) is 0 Å². The average Bonchev–Trinajstić information content (AvgIpc) is 3.08. The third-order valence-corrected chi connectivity index (χ3v) is 9.96. The first kappa shape index (κ1) is 26.0. The highest BCUT2D eigenvalue weighted by Gasteiger charge is 2.18. The van der Waals surface area contributed by atoms with Gasteiger partial charge in [-0.1, -0.05) is 146 Å². The van der Waals surface area contributed by atoms with Crippen LogP contribution in [-0.4, -0.2) is 0 Å². The Bertz CT molecular complexity index is 2640. The predicted octanol–water partition coefficient (Wildman–Crippen LogP) is 12.5. The van der Waals surface area contributed by atoms with E-state index in [0.29, 0.717) is 0 Å². The molecule has 212 valence electrons. The molecule has 0 saturated carbocycles. The summed E-state index contributed by atoms with van der Waals surface area (Å²) in [4.78, 5) is 0. The maximum atomic E-state index is 2.45. The summed E-state index contributed by atoms with van der Waals surface area (Å²) >= 11 is 0. The van der Waals surface area contributed by atoms with Crippen LogP contribution in [-0.2, 0) is 6.42 Å². The highest BCUT2D eigenvalue weighted by Crippen LogP contribution is 2.44. The number of aryl methyl sites for hydroxylation is 2. The van der Waals surface area contributed by atoms with Gasteiger partial charge in [0.15, 0.2) is 0 Å². The van der Waals surface area contributed by atoms with E-state index in [1.165, 1.54) is 98.0 Å². The first-order valence-corrected chi connectivity index (χ1v) is 15.9. The normalized spacial score (nSPS) is 11.9. The summed E-state index contributed by atoms with van der Waals surface area (Å²) in [6.07, 6.45) is 0.894. The molecular weight excluding hydrogens is 540 g/mol. The highest BCUT2D eigenvalue weighted by atomic mass is 14.2. The summed E-state index contributed by atoms with van der Waals surface area (Å²) in [6, 6.07) is 54.2. The molecule has 0 aliphatic heterocycles. The molecule has 0 aromatic heterocycles. The summed E-state index contributed by atoms with van der Waals surface area (Å²) < 4.78 is 0. The van der Waals surface area contributed by atoms with Crippen LogP contribution >= 0.6 is 0 Å². The first-order chi connectivity index (χ1) is 22.2. The molecule has 0 aliphatic carbocycles. The lowest BCUT2D eigenvalue weighted by molar-refractivity contribution is 1.23. The quantitative estimate of drug-likeness (QED) is 0.185. The molecule has 0 aliphatic rings. The fourth-order valence-electron chi connectivity index (χ4n) is 7.91. The minimum absolute atomic E-state index is 0.894. The zero-order chi connectivity index (χ0) is 30.1. The molecule has 0 bridgehead atoms. The van der Waals surface area contributed by atoms with E-state index >= 15 is 0 Å². The Balaban J connectivity index is 1.28. The minimum Gasteiger partial charge on any atom is -0.0616 e. The van der Waals surface area contributed by atoms with Crippen molar-refractivity contribution in [3.8, 4) is 11.1 Å². The molecule has 0 amide bonds. The Kier molecular flexibility index (Phi) is 5.80. The van der Waals surface area contributed by atoms with Crippen molar-refractivity contribution in [1.82, 2.24) is 0 Å². The molecule has 9 rings (SSSR count). The van der Waals surface area contributed by atoms with E-state index in [0.717, 1.165) is 6.42 Å². The zero-order valence-electron chi connectivity index (χ0n) is 25.6. The lowest BCUT2D eigenvalue weighted by Crippen LogP contribution is -1.95. The monoisotopic (exact) mass is 572 g/mol. The second-order valence-electron chi connectivity index (χ2n) is 12.5. The third-order valence-electron chi connectivity index (χ3n) is 9.96. The molecule has 9 aromatic rings. The van der Waals surface area contributed by atoms with Crippen LogP contribution in [0.15, 0.2) is 146 Å². The van der Waals surface area contributed by atoms with Crippen molar-refractivity contribution < 1.29 is 0 Å². The maximum Gasteiger partial charge on any atom is -0.00192 e. The van der Waals surface area contributed by atoms with Crippen LogP contribution in [0.25, 0.3) is 75.8 Å². The van der Waals surface area contributed by atoms with Crippen molar-refractivity contribution in [3.05, 3.63) is 168 Å². The van der Waals surface area contributed by atoms with Gasteiger partial charge in [-0.15, -0.1) is 0 Å². The molecule has 0 atom stereocenters. The summed E-state index contributed by atoms with van der Waals surface area (Å²) in [5.74, 6) is 0. The van der Waals surface area contributed by atoms with Gasteiger partial charge in [-0.05, 0) is 118 Å². The van der Waals surface area contributed by atoms with E-state index in [2.05, 4.69) is 159 Å². The van der Waals surface area contributed by atoms with Gasteiger partial charge in [0.05, 0.1) is 0 Å². The number of hydrogen-bond acceptors (Lipinski definition) is 0. The van der Waals surface area contributed by atoms with Gasteiger partial charge in [0.25, 0.3) is 0 Å². The van der Waals surface area contributed by atoms with Crippen molar-refractivity contribution in [1.29, 1.82) is 0 Å². The van der Waals surface area contributed by atoms with Crippen molar-refractivity contribution in [3.63, 3.8) is 0 Å². The Hall–Kier alpha value is -5.46. The Morgan fingerprint density at radius 2 is 1.00 bits per heavy atom. The number of fused-ring (bicyclic) bond motifs is 9. The second-order valence-corrected chi connectivity index (χ2v) is 12.5. The lowest BCUT2D eigenvalue weighted by Gasteiger charge is -2.19. The van der Waals surface area contributed by atoms with Crippen LogP contribution in [0.1, 0.15) is 22.3 Å². The zero-order valence-corrected chi connectivity index (χ0v) is 25.6. The van der Waals surface area contributed by atoms with Gasteiger partial charge in [-0.3, -0.25) is 0 Å². The molecule has 9 aromatic carbocycles. The second kappa shape index (κ2) is 10.0. The molecule has 45 heavy (non-hydrogen) atoms. The predicted molar refractivity (Wildman–Crippen MR) is 196 cm³/mol. The molecule has 0 spiro atoms. The smallest absolute Gasteiger partial charge is 0.00192 e. The van der Waals surface area contributed by atoms with Gasteiger partial charge in [-0.2, -0.15) is 0 Å². The molecule has 0 radical (unpaired) electrons. The van der Waals surface area contributed by atoms with Gasteiger partial charge in [-0.25, -0.2) is 0 Å². The minimum atomic E-state index is 0.894. The summed E-state index contributed by atoms with van der Waals surface area (Å²) in [5, 5.41) is 15.9. The van der Waals surface area contributed by atoms with Gasteiger partial charge < -0.3 is 0 Å². The van der Waals surface area contributed by atoms with Crippen molar-refractivity contribution in [2.24, 2.45) is 0 Å². The van der Waals surface area contributed by atoms with Crippen LogP contribution in [0.3, 0.4) is 0 Å². The Morgan fingerprint density at radius 3 is 1.78 bits per heavy atom. The van der Waals surface area contributed by atoms with Crippen molar-refractivity contribution >= 4 is 64.6 Å². The van der Waals surface area contributed by atoms with Crippen LogP contribution in [0, 0.1) is 13.8 Å². The maximum absolute atomic E-state index is 2.45.